The summed E-state index contributed by atoms with van der Waals surface area (Å²) < 4.78 is 0. The summed E-state index contributed by atoms with van der Waals surface area (Å²) >= 11 is 0. The van der Waals surface area contributed by atoms with Gasteiger partial charge in [-0.05, 0) is 39.0 Å². The van der Waals surface area contributed by atoms with Gasteiger partial charge < -0.3 is 16.0 Å². The lowest BCUT2D eigenvalue weighted by molar-refractivity contribution is -0.125. The molecule has 0 aromatic carbocycles. The molecule has 1 rings (SSSR count). The number of carbonyl (C=O) groups is 2. The van der Waals surface area contributed by atoms with Gasteiger partial charge in [-0.3, -0.25) is 14.5 Å². The number of carbonyl (C=O) groups excluding carboxylic acids is 2. The minimum Gasteiger partial charge on any atom is -0.355 e. The lowest BCUT2D eigenvalue weighted by Gasteiger charge is -2.32. The highest BCUT2D eigenvalue weighted by atomic mass is 16.2. The standard InChI is InChI=1S/C18H36N4O2/c1-6-9-19-17(23)12-22-10-7-16(8-11-22)21-18(24)15(5)20-14(4)13(2)3/h13-16,20H,6-12H2,1-5H3,(H,19,23)(H,21,24)/t14-,15+/m0/s1. The van der Waals surface area contributed by atoms with Crippen LogP contribution in [0.5, 0.6) is 0 Å². The summed E-state index contributed by atoms with van der Waals surface area (Å²) in [6.07, 6.45) is 2.76. The Labute approximate surface area is 147 Å². The van der Waals surface area contributed by atoms with Crippen LogP contribution in [-0.4, -0.2) is 61.0 Å². The Morgan fingerprint density at radius 1 is 1.12 bits per heavy atom. The summed E-state index contributed by atoms with van der Waals surface area (Å²) in [4.78, 5) is 26.2. The predicted molar refractivity (Wildman–Crippen MR) is 97.8 cm³/mol. The van der Waals surface area contributed by atoms with Gasteiger partial charge in [0, 0.05) is 31.7 Å². The molecule has 0 aromatic heterocycles. The molecule has 1 aliphatic heterocycles. The maximum Gasteiger partial charge on any atom is 0.237 e. The highest BCUT2D eigenvalue weighted by Gasteiger charge is 2.24. The summed E-state index contributed by atoms with van der Waals surface area (Å²) in [6.45, 7) is 13.3. The van der Waals surface area contributed by atoms with Crippen molar-refractivity contribution in [2.75, 3.05) is 26.2 Å². The molecule has 0 saturated carbocycles. The van der Waals surface area contributed by atoms with Gasteiger partial charge in [0.05, 0.1) is 12.6 Å². The molecule has 6 heteroatoms. The van der Waals surface area contributed by atoms with E-state index in [0.29, 0.717) is 18.5 Å². The van der Waals surface area contributed by atoms with Crippen LogP contribution in [0.1, 0.15) is 53.9 Å². The van der Waals surface area contributed by atoms with Crippen molar-refractivity contribution < 1.29 is 9.59 Å². The van der Waals surface area contributed by atoms with Crippen LogP contribution in [-0.2, 0) is 9.59 Å². The fourth-order valence-corrected chi connectivity index (χ4v) is 2.75. The molecule has 0 aromatic rings. The van der Waals surface area contributed by atoms with Crippen LogP contribution in [0.15, 0.2) is 0 Å². The first-order valence-electron chi connectivity index (χ1n) is 9.39. The average molecular weight is 341 g/mol. The second-order valence-corrected chi connectivity index (χ2v) is 7.33. The predicted octanol–water partition coefficient (Wildman–Crippen LogP) is 1.12. The van der Waals surface area contributed by atoms with Gasteiger partial charge in [0.1, 0.15) is 0 Å². The normalized spacial score (nSPS) is 19.1. The fourth-order valence-electron chi connectivity index (χ4n) is 2.75. The number of rotatable bonds is 9. The Morgan fingerprint density at radius 3 is 2.29 bits per heavy atom. The summed E-state index contributed by atoms with van der Waals surface area (Å²) in [5.74, 6) is 0.670. The number of piperidine rings is 1. The van der Waals surface area contributed by atoms with Gasteiger partial charge >= 0.3 is 0 Å². The second-order valence-electron chi connectivity index (χ2n) is 7.33. The van der Waals surface area contributed by atoms with Crippen molar-refractivity contribution >= 4 is 11.8 Å². The van der Waals surface area contributed by atoms with E-state index >= 15 is 0 Å². The fraction of sp³-hybridized carbons (Fsp3) is 0.889. The van der Waals surface area contributed by atoms with E-state index in [2.05, 4.69) is 41.6 Å². The molecule has 0 radical (unpaired) electrons. The van der Waals surface area contributed by atoms with E-state index in [-0.39, 0.29) is 23.9 Å². The van der Waals surface area contributed by atoms with Gasteiger partial charge in [-0.2, -0.15) is 0 Å². The number of hydrogen-bond acceptors (Lipinski definition) is 4. The van der Waals surface area contributed by atoms with Crippen LogP contribution in [0.25, 0.3) is 0 Å². The Hall–Kier alpha value is -1.14. The summed E-state index contributed by atoms with van der Waals surface area (Å²) in [6, 6.07) is 0.348. The van der Waals surface area contributed by atoms with E-state index in [1.807, 2.05) is 13.8 Å². The molecule has 24 heavy (non-hydrogen) atoms. The maximum absolute atomic E-state index is 12.3. The number of amides is 2. The Balaban J connectivity index is 2.27. The SMILES string of the molecule is CCCNC(=O)CN1CCC(NC(=O)[C@@H](C)N[C@@H](C)C(C)C)CC1. The molecule has 140 valence electrons. The third-order valence-corrected chi connectivity index (χ3v) is 4.78. The highest BCUT2D eigenvalue weighted by Crippen LogP contribution is 2.10. The first kappa shape index (κ1) is 20.9. The second kappa shape index (κ2) is 10.7. The van der Waals surface area contributed by atoms with E-state index in [4.69, 9.17) is 0 Å². The van der Waals surface area contributed by atoms with Crippen molar-refractivity contribution in [2.24, 2.45) is 5.92 Å². The summed E-state index contributed by atoms with van der Waals surface area (Å²) in [7, 11) is 0. The molecule has 1 saturated heterocycles. The molecule has 6 nitrogen and oxygen atoms in total. The number of hydrogen-bond donors (Lipinski definition) is 3. The molecular formula is C18H36N4O2. The van der Waals surface area contributed by atoms with Crippen molar-refractivity contribution in [2.45, 2.75) is 72.0 Å². The minimum atomic E-state index is -0.180. The molecule has 1 heterocycles. The summed E-state index contributed by atoms with van der Waals surface area (Å²) in [5, 5.41) is 9.40. The van der Waals surface area contributed by atoms with E-state index in [9.17, 15) is 9.59 Å². The number of likely N-dealkylation sites (tertiary alicyclic amines) is 1. The largest absolute Gasteiger partial charge is 0.355 e. The zero-order valence-electron chi connectivity index (χ0n) is 16.0. The van der Waals surface area contributed by atoms with E-state index in [1.165, 1.54) is 0 Å². The van der Waals surface area contributed by atoms with Crippen molar-refractivity contribution in [3.63, 3.8) is 0 Å². The average Bonchev–Trinajstić information content (AvgIpc) is 2.54. The van der Waals surface area contributed by atoms with E-state index in [0.717, 1.165) is 38.9 Å². The Morgan fingerprint density at radius 2 is 1.75 bits per heavy atom. The zero-order valence-corrected chi connectivity index (χ0v) is 16.0. The highest BCUT2D eigenvalue weighted by molar-refractivity contribution is 5.81. The molecule has 0 aliphatic carbocycles. The van der Waals surface area contributed by atoms with Crippen LogP contribution in [0, 0.1) is 5.92 Å². The molecule has 0 bridgehead atoms. The van der Waals surface area contributed by atoms with Crippen LogP contribution >= 0.6 is 0 Å². The van der Waals surface area contributed by atoms with E-state index in [1.54, 1.807) is 0 Å². The lowest BCUT2D eigenvalue weighted by atomic mass is 10.0. The zero-order chi connectivity index (χ0) is 18.1. The summed E-state index contributed by atoms with van der Waals surface area (Å²) in [5.41, 5.74) is 0. The topological polar surface area (TPSA) is 73.5 Å². The first-order valence-corrected chi connectivity index (χ1v) is 9.39. The smallest absolute Gasteiger partial charge is 0.237 e. The van der Waals surface area contributed by atoms with Crippen LogP contribution in [0.2, 0.25) is 0 Å². The quantitative estimate of drug-likeness (QED) is 0.588. The molecule has 1 aliphatic rings. The van der Waals surface area contributed by atoms with Gasteiger partial charge in [0.2, 0.25) is 11.8 Å². The third-order valence-electron chi connectivity index (χ3n) is 4.78. The number of nitrogens with one attached hydrogen (secondary N) is 3. The Kier molecular flexibility index (Phi) is 9.29. The molecular weight excluding hydrogens is 304 g/mol. The van der Waals surface area contributed by atoms with Gasteiger partial charge in [-0.1, -0.05) is 20.8 Å². The molecule has 0 unspecified atom stereocenters. The molecule has 0 spiro atoms. The lowest BCUT2D eigenvalue weighted by Crippen LogP contribution is -2.52. The van der Waals surface area contributed by atoms with Crippen LogP contribution < -0.4 is 16.0 Å². The molecule has 2 amide bonds. The van der Waals surface area contributed by atoms with Gasteiger partial charge in [0.15, 0.2) is 0 Å². The van der Waals surface area contributed by atoms with Gasteiger partial charge in [-0.15, -0.1) is 0 Å². The van der Waals surface area contributed by atoms with Crippen molar-refractivity contribution in [3.05, 3.63) is 0 Å². The van der Waals surface area contributed by atoms with Gasteiger partial charge in [0.25, 0.3) is 0 Å². The van der Waals surface area contributed by atoms with Crippen LogP contribution in [0.4, 0.5) is 0 Å². The van der Waals surface area contributed by atoms with E-state index < -0.39 is 0 Å². The molecule has 2 atom stereocenters. The Bertz CT molecular complexity index is 392. The van der Waals surface area contributed by atoms with Crippen molar-refractivity contribution in [3.8, 4) is 0 Å². The minimum absolute atomic E-state index is 0.0710. The van der Waals surface area contributed by atoms with Crippen molar-refractivity contribution in [1.82, 2.24) is 20.9 Å². The molecule has 3 N–H and O–H groups in total. The third kappa shape index (κ3) is 7.62. The maximum atomic E-state index is 12.3. The monoisotopic (exact) mass is 340 g/mol. The van der Waals surface area contributed by atoms with Crippen LogP contribution in [0.3, 0.4) is 0 Å². The molecule has 1 fully saturated rings. The van der Waals surface area contributed by atoms with Crippen molar-refractivity contribution in [1.29, 1.82) is 0 Å². The van der Waals surface area contributed by atoms with Gasteiger partial charge in [-0.25, -0.2) is 0 Å². The first-order chi connectivity index (χ1) is 11.3. The number of nitrogens with zero attached hydrogens (tertiary/aromatic N) is 1.